The number of nitrogens with two attached hydrogens (primary N) is 1. The standard InChI is InChI=1S/C10H22N2/c1-9(2)10(11)8-12-6-4-3-5-7-12/h9-10H,3-8,11H2,1-2H3/t10-/m0/s1. The molecule has 1 atom stereocenters. The number of likely N-dealkylation sites (tertiary alicyclic amines) is 1. The van der Waals surface area contributed by atoms with Crippen molar-refractivity contribution in [3.05, 3.63) is 0 Å². The Balaban J connectivity index is 2.20. The number of nitrogens with zero attached hydrogens (tertiary/aromatic N) is 1. The summed E-state index contributed by atoms with van der Waals surface area (Å²) in [5.41, 5.74) is 6.01. The topological polar surface area (TPSA) is 29.3 Å². The van der Waals surface area contributed by atoms with Crippen LogP contribution in [0.4, 0.5) is 0 Å². The summed E-state index contributed by atoms with van der Waals surface area (Å²) in [5, 5.41) is 0. The van der Waals surface area contributed by atoms with Crippen molar-refractivity contribution >= 4 is 0 Å². The van der Waals surface area contributed by atoms with Gasteiger partial charge in [-0.05, 0) is 31.8 Å². The SMILES string of the molecule is CC(C)[C@@H](N)CN1CCCCC1. The summed E-state index contributed by atoms with van der Waals surface area (Å²) in [4.78, 5) is 2.51. The van der Waals surface area contributed by atoms with Gasteiger partial charge in [0.2, 0.25) is 0 Å². The third kappa shape index (κ3) is 3.11. The van der Waals surface area contributed by atoms with Crippen LogP contribution < -0.4 is 5.73 Å². The molecule has 1 aliphatic heterocycles. The third-order valence-corrected chi connectivity index (χ3v) is 2.77. The van der Waals surface area contributed by atoms with Crippen LogP contribution in [-0.2, 0) is 0 Å². The lowest BCUT2D eigenvalue weighted by atomic mass is 10.0. The highest BCUT2D eigenvalue weighted by molar-refractivity contribution is 4.73. The van der Waals surface area contributed by atoms with E-state index in [0.717, 1.165) is 6.54 Å². The quantitative estimate of drug-likeness (QED) is 0.694. The lowest BCUT2D eigenvalue weighted by Gasteiger charge is -2.30. The Kier molecular flexibility index (Phi) is 4.02. The average molecular weight is 170 g/mol. The summed E-state index contributed by atoms with van der Waals surface area (Å²) in [6.07, 6.45) is 4.14. The van der Waals surface area contributed by atoms with Crippen LogP contribution in [0.5, 0.6) is 0 Å². The molecule has 1 heterocycles. The maximum absolute atomic E-state index is 6.01. The molecule has 2 N–H and O–H groups in total. The second-order valence-electron chi connectivity index (χ2n) is 4.27. The molecule has 0 bridgehead atoms. The monoisotopic (exact) mass is 170 g/mol. The van der Waals surface area contributed by atoms with Crippen molar-refractivity contribution < 1.29 is 0 Å². The fraction of sp³-hybridized carbons (Fsp3) is 1.00. The van der Waals surface area contributed by atoms with E-state index in [2.05, 4.69) is 18.7 Å². The van der Waals surface area contributed by atoms with Crippen molar-refractivity contribution in [1.82, 2.24) is 4.90 Å². The van der Waals surface area contributed by atoms with Gasteiger partial charge in [-0.1, -0.05) is 20.3 Å². The molecule has 1 saturated heterocycles. The number of rotatable bonds is 3. The van der Waals surface area contributed by atoms with E-state index in [-0.39, 0.29) is 0 Å². The molecule has 0 amide bonds. The van der Waals surface area contributed by atoms with Crippen LogP contribution in [0.25, 0.3) is 0 Å². The first-order valence-electron chi connectivity index (χ1n) is 5.18. The van der Waals surface area contributed by atoms with E-state index >= 15 is 0 Å². The second kappa shape index (κ2) is 4.83. The van der Waals surface area contributed by atoms with Crippen molar-refractivity contribution in [2.75, 3.05) is 19.6 Å². The molecule has 1 rings (SSSR count). The summed E-state index contributed by atoms with van der Waals surface area (Å²) in [5.74, 6) is 0.618. The van der Waals surface area contributed by atoms with Crippen LogP contribution in [0, 0.1) is 5.92 Å². The van der Waals surface area contributed by atoms with Crippen LogP contribution in [0.2, 0.25) is 0 Å². The Morgan fingerprint density at radius 3 is 2.25 bits per heavy atom. The van der Waals surface area contributed by atoms with Crippen LogP contribution in [0.3, 0.4) is 0 Å². The summed E-state index contributed by atoms with van der Waals surface area (Å²) in [6.45, 7) is 8.03. The summed E-state index contributed by atoms with van der Waals surface area (Å²) in [7, 11) is 0. The van der Waals surface area contributed by atoms with Gasteiger partial charge in [0, 0.05) is 12.6 Å². The zero-order valence-corrected chi connectivity index (χ0v) is 8.42. The molecule has 0 spiro atoms. The largest absolute Gasteiger partial charge is 0.326 e. The molecule has 0 aliphatic carbocycles. The predicted octanol–water partition coefficient (Wildman–Crippen LogP) is 1.46. The Bertz CT molecular complexity index is 117. The summed E-state index contributed by atoms with van der Waals surface area (Å²) in [6, 6.07) is 0.364. The Hall–Kier alpha value is -0.0800. The van der Waals surface area contributed by atoms with Gasteiger partial charge in [0.05, 0.1) is 0 Å². The van der Waals surface area contributed by atoms with Gasteiger partial charge < -0.3 is 10.6 Å². The first-order valence-corrected chi connectivity index (χ1v) is 5.18. The van der Waals surface area contributed by atoms with Crippen molar-refractivity contribution in [3.63, 3.8) is 0 Å². The van der Waals surface area contributed by atoms with Gasteiger partial charge in [-0.2, -0.15) is 0 Å². The first kappa shape index (κ1) is 10.0. The van der Waals surface area contributed by atoms with E-state index in [1.54, 1.807) is 0 Å². The van der Waals surface area contributed by atoms with Crippen molar-refractivity contribution in [2.24, 2.45) is 11.7 Å². The minimum absolute atomic E-state index is 0.364. The van der Waals surface area contributed by atoms with Gasteiger partial charge in [-0.25, -0.2) is 0 Å². The van der Waals surface area contributed by atoms with Crippen molar-refractivity contribution in [1.29, 1.82) is 0 Å². The normalized spacial score (nSPS) is 23.0. The van der Waals surface area contributed by atoms with E-state index in [1.165, 1.54) is 32.4 Å². The molecular weight excluding hydrogens is 148 g/mol. The molecule has 2 heteroatoms. The van der Waals surface area contributed by atoms with Crippen molar-refractivity contribution in [3.8, 4) is 0 Å². The molecule has 2 nitrogen and oxygen atoms in total. The minimum Gasteiger partial charge on any atom is -0.326 e. The van der Waals surface area contributed by atoms with Gasteiger partial charge >= 0.3 is 0 Å². The number of hydrogen-bond acceptors (Lipinski definition) is 2. The molecule has 0 aromatic carbocycles. The lowest BCUT2D eigenvalue weighted by molar-refractivity contribution is 0.202. The number of hydrogen-bond donors (Lipinski definition) is 1. The molecule has 0 aromatic rings. The number of piperidine rings is 1. The molecule has 0 aromatic heterocycles. The third-order valence-electron chi connectivity index (χ3n) is 2.77. The van der Waals surface area contributed by atoms with E-state index in [9.17, 15) is 0 Å². The highest BCUT2D eigenvalue weighted by atomic mass is 15.1. The maximum Gasteiger partial charge on any atom is 0.0191 e. The fourth-order valence-electron chi connectivity index (χ4n) is 1.65. The molecule has 0 radical (unpaired) electrons. The smallest absolute Gasteiger partial charge is 0.0191 e. The van der Waals surface area contributed by atoms with E-state index < -0.39 is 0 Å². The Morgan fingerprint density at radius 1 is 1.17 bits per heavy atom. The van der Waals surface area contributed by atoms with E-state index in [1.807, 2.05) is 0 Å². The molecule has 0 unspecified atom stereocenters. The Morgan fingerprint density at radius 2 is 1.75 bits per heavy atom. The predicted molar refractivity (Wildman–Crippen MR) is 53.1 cm³/mol. The van der Waals surface area contributed by atoms with Gasteiger partial charge in [0.15, 0.2) is 0 Å². The molecule has 1 fully saturated rings. The molecular formula is C10H22N2. The van der Waals surface area contributed by atoms with E-state index in [0.29, 0.717) is 12.0 Å². The van der Waals surface area contributed by atoms with Crippen LogP contribution in [0.15, 0.2) is 0 Å². The maximum atomic E-state index is 6.01. The lowest BCUT2D eigenvalue weighted by Crippen LogP contribution is -2.42. The van der Waals surface area contributed by atoms with Gasteiger partial charge in [0.25, 0.3) is 0 Å². The molecule has 12 heavy (non-hydrogen) atoms. The Labute approximate surface area is 76.1 Å². The summed E-state index contributed by atoms with van der Waals surface area (Å²) < 4.78 is 0. The minimum atomic E-state index is 0.364. The van der Waals surface area contributed by atoms with Crippen LogP contribution in [0.1, 0.15) is 33.1 Å². The highest BCUT2D eigenvalue weighted by Gasteiger charge is 2.15. The average Bonchev–Trinajstić information content (AvgIpc) is 2.06. The second-order valence-corrected chi connectivity index (χ2v) is 4.27. The molecule has 72 valence electrons. The highest BCUT2D eigenvalue weighted by Crippen LogP contribution is 2.10. The zero-order valence-electron chi connectivity index (χ0n) is 8.42. The molecule has 1 aliphatic rings. The van der Waals surface area contributed by atoms with Crippen LogP contribution >= 0.6 is 0 Å². The summed E-state index contributed by atoms with van der Waals surface area (Å²) >= 11 is 0. The van der Waals surface area contributed by atoms with E-state index in [4.69, 9.17) is 5.73 Å². The zero-order chi connectivity index (χ0) is 8.97. The fourth-order valence-corrected chi connectivity index (χ4v) is 1.65. The molecule has 0 saturated carbocycles. The van der Waals surface area contributed by atoms with Gasteiger partial charge in [-0.3, -0.25) is 0 Å². The van der Waals surface area contributed by atoms with Gasteiger partial charge in [-0.15, -0.1) is 0 Å². The van der Waals surface area contributed by atoms with Crippen LogP contribution in [-0.4, -0.2) is 30.6 Å². The first-order chi connectivity index (χ1) is 5.70. The van der Waals surface area contributed by atoms with Crippen molar-refractivity contribution in [2.45, 2.75) is 39.2 Å². The van der Waals surface area contributed by atoms with Gasteiger partial charge in [0.1, 0.15) is 0 Å².